The van der Waals surface area contributed by atoms with E-state index in [1.807, 2.05) is 19.1 Å². The van der Waals surface area contributed by atoms with Crippen molar-refractivity contribution in [1.29, 1.82) is 0 Å². The molecule has 1 nitrogen and oxygen atoms in total. The van der Waals surface area contributed by atoms with Crippen molar-refractivity contribution in [2.45, 2.75) is 47.0 Å². The number of hydrogen-bond donors (Lipinski definition) is 0. The molecule has 90 valence electrons. The van der Waals surface area contributed by atoms with Crippen molar-refractivity contribution in [3.8, 4) is 0 Å². The molecule has 1 heteroatoms. The Morgan fingerprint density at radius 2 is 2.00 bits per heavy atom. The summed E-state index contributed by atoms with van der Waals surface area (Å²) in [5, 5.41) is 0. The van der Waals surface area contributed by atoms with Crippen LogP contribution in [-0.4, -0.2) is 5.78 Å². The van der Waals surface area contributed by atoms with Gasteiger partial charge in [0.25, 0.3) is 0 Å². The van der Waals surface area contributed by atoms with Crippen LogP contribution in [0, 0.1) is 5.41 Å². The quantitative estimate of drug-likeness (QED) is 0.457. The molecule has 0 aromatic carbocycles. The molecule has 0 radical (unpaired) electrons. The maximum atomic E-state index is 12.0. The second kappa shape index (κ2) is 7.21. The van der Waals surface area contributed by atoms with Gasteiger partial charge in [0, 0.05) is 12.0 Å². The predicted molar refractivity (Wildman–Crippen MR) is 71.4 cm³/mol. The van der Waals surface area contributed by atoms with Gasteiger partial charge in [-0.25, -0.2) is 0 Å². The maximum absolute atomic E-state index is 12.0. The van der Waals surface area contributed by atoms with Crippen molar-refractivity contribution in [3.05, 3.63) is 36.5 Å². The summed E-state index contributed by atoms with van der Waals surface area (Å²) in [6.07, 6.45) is 9.99. The minimum atomic E-state index is 0.0909. The lowest BCUT2D eigenvalue weighted by atomic mass is 9.81. The van der Waals surface area contributed by atoms with Gasteiger partial charge in [-0.05, 0) is 18.8 Å². The molecule has 0 atom stereocenters. The van der Waals surface area contributed by atoms with E-state index in [1.165, 1.54) is 0 Å². The molecule has 0 amide bonds. The fraction of sp³-hybridized carbons (Fsp3) is 0.533. The molecule has 0 aliphatic carbocycles. The average Bonchev–Trinajstić information content (AvgIpc) is 2.16. The largest absolute Gasteiger partial charge is 0.294 e. The Hall–Kier alpha value is -1.11. The molecule has 0 rings (SSSR count). The smallest absolute Gasteiger partial charge is 0.163 e. The summed E-state index contributed by atoms with van der Waals surface area (Å²) in [5.41, 5.74) is 0.843. The highest BCUT2D eigenvalue weighted by Gasteiger charge is 2.21. The van der Waals surface area contributed by atoms with E-state index < -0.39 is 0 Å². The first-order valence-electron chi connectivity index (χ1n) is 5.95. The average molecular weight is 220 g/mol. The standard InChI is InChI=1S/C15H24O/c1-6-9-13(10-7-2)14(16)12-15(4,5)11-8-3/h6-7,9-10H,1,8,11-12H2,2-5H3/b10-7-,13-9+. The second-order valence-corrected chi connectivity index (χ2v) is 4.87. The molecule has 0 unspecified atom stereocenters. The summed E-state index contributed by atoms with van der Waals surface area (Å²) in [7, 11) is 0. The lowest BCUT2D eigenvalue weighted by molar-refractivity contribution is -0.117. The highest BCUT2D eigenvalue weighted by Crippen LogP contribution is 2.28. The molecular weight excluding hydrogens is 196 g/mol. The zero-order chi connectivity index (χ0) is 12.6. The highest BCUT2D eigenvalue weighted by atomic mass is 16.1. The van der Waals surface area contributed by atoms with Crippen LogP contribution in [0.2, 0.25) is 0 Å². The van der Waals surface area contributed by atoms with Crippen LogP contribution in [0.25, 0.3) is 0 Å². The minimum Gasteiger partial charge on any atom is -0.294 e. The van der Waals surface area contributed by atoms with Crippen LogP contribution in [0.4, 0.5) is 0 Å². The predicted octanol–water partition coefficient (Wildman–Crippen LogP) is 4.46. The van der Waals surface area contributed by atoms with Crippen molar-refractivity contribution >= 4 is 5.78 Å². The first-order valence-corrected chi connectivity index (χ1v) is 5.95. The third kappa shape index (κ3) is 5.69. The van der Waals surface area contributed by atoms with Crippen LogP contribution >= 0.6 is 0 Å². The molecule has 0 saturated carbocycles. The molecule has 0 N–H and O–H groups in total. The number of ketones is 1. The topological polar surface area (TPSA) is 17.1 Å². The molecule has 0 bridgehead atoms. The molecule has 0 saturated heterocycles. The third-order valence-electron chi connectivity index (χ3n) is 2.53. The van der Waals surface area contributed by atoms with Crippen molar-refractivity contribution < 1.29 is 4.79 Å². The fourth-order valence-corrected chi connectivity index (χ4v) is 1.85. The van der Waals surface area contributed by atoms with Crippen LogP contribution in [0.15, 0.2) is 36.5 Å². The number of hydrogen-bond acceptors (Lipinski definition) is 1. The number of allylic oxidation sites excluding steroid dienone is 5. The van der Waals surface area contributed by atoms with Crippen molar-refractivity contribution in [2.24, 2.45) is 5.41 Å². The van der Waals surface area contributed by atoms with Gasteiger partial charge < -0.3 is 0 Å². The summed E-state index contributed by atoms with van der Waals surface area (Å²) in [4.78, 5) is 12.0. The lowest BCUT2D eigenvalue weighted by Gasteiger charge is -2.23. The lowest BCUT2D eigenvalue weighted by Crippen LogP contribution is -2.17. The molecule has 0 spiro atoms. The van der Waals surface area contributed by atoms with Gasteiger partial charge in [-0.15, -0.1) is 0 Å². The van der Waals surface area contributed by atoms with Gasteiger partial charge >= 0.3 is 0 Å². The Kier molecular flexibility index (Phi) is 6.71. The van der Waals surface area contributed by atoms with Gasteiger partial charge in [0.05, 0.1) is 0 Å². The van der Waals surface area contributed by atoms with Gasteiger partial charge in [-0.1, -0.05) is 58.1 Å². The molecule has 0 aliphatic heterocycles. The number of rotatable bonds is 7. The molecule has 0 aromatic rings. The fourth-order valence-electron chi connectivity index (χ4n) is 1.85. The van der Waals surface area contributed by atoms with E-state index in [1.54, 1.807) is 12.2 Å². The molecule has 0 aromatic heterocycles. The zero-order valence-electron chi connectivity index (χ0n) is 11.0. The normalized spacial score (nSPS) is 13.1. The number of carbonyl (C=O) groups excluding carboxylic acids is 1. The SMILES string of the molecule is C=C/C=C(\C=C/C)C(=O)CC(C)(C)CCC. The second-order valence-electron chi connectivity index (χ2n) is 4.87. The Morgan fingerprint density at radius 3 is 2.44 bits per heavy atom. The van der Waals surface area contributed by atoms with E-state index in [4.69, 9.17) is 0 Å². The summed E-state index contributed by atoms with van der Waals surface area (Å²) in [6, 6.07) is 0. The first-order chi connectivity index (χ1) is 7.46. The first kappa shape index (κ1) is 14.9. The summed E-state index contributed by atoms with van der Waals surface area (Å²) >= 11 is 0. The van der Waals surface area contributed by atoms with Gasteiger partial charge in [-0.3, -0.25) is 4.79 Å². The van der Waals surface area contributed by atoms with Crippen LogP contribution in [0.5, 0.6) is 0 Å². The van der Waals surface area contributed by atoms with E-state index >= 15 is 0 Å². The van der Waals surface area contributed by atoms with E-state index in [-0.39, 0.29) is 11.2 Å². The van der Waals surface area contributed by atoms with E-state index in [0.717, 1.165) is 18.4 Å². The van der Waals surface area contributed by atoms with E-state index in [0.29, 0.717) is 6.42 Å². The van der Waals surface area contributed by atoms with E-state index in [2.05, 4.69) is 27.4 Å². The summed E-state index contributed by atoms with van der Waals surface area (Å²) < 4.78 is 0. The van der Waals surface area contributed by atoms with Crippen molar-refractivity contribution in [3.63, 3.8) is 0 Å². The van der Waals surface area contributed by atoms with Crippen LogP contribution in [0.3, 0.4) is 0 Å². The molecule has 0 heterocycles. The summed E-state index contributed by atoms with van der Waals surface area (Å²) in [6.45, 7) is 12.0. The molecule has 0 fully saturated rings. The Bertz CT molecular complexity index is 293. The van der Waals surface area contributed by atoms with E-state index in [9.17, 15) is 4.79 Å². The highest BCUT2D eigenvalue weighted by molar-refractivity contribution is 5.98. The zero-order valence-corrected chi connectivity index (χ0v) is 11.0. The Labute approximate surface area is 99.9 Å². The van der Waals surface area contributed by atoms with Crippen LogP contribution in [0.1, 0.15) is 47.0 Å². The van der Waals surface area contributed by atoms with Crippen LogP contribution in [-0.2, 0) is 4.79 Å². The number of Topliss-reactive ketones (excluding diaryl/α,β-unsaturated/α-hetero) is 1. The third-order valence-corrected chi connectivity index (χ3v) is 2.53. The van der Waals surface area contributed by atoms with Crippen LogP contribution < -0.4 is 0 Å². The minimum absolute atomic E-state index is 0.0909. The van der Waals surface area contributed by atoms with Crippen molar-refractivity contribution in [1.82, 2.24) is 0 Å². The van der Waals surface area contributed by atoms with Gasteiger partial charge in [0.15, 0.2) is 5.78 Å². The maximum Gasteiger partial charge on any atom is 0.163 e. The molecular formula is C15H24O. The Morgan fingerprint density at radius 1 is 1.38 bits per heavy atom. The Balaban J connectivity index is 4.65. The monoisotopic (exact) mass is 220 g/mol. The number of carbonyl (C=O) groups is 1. The van der Waals surface area contributed by atoms with Crippen molar-refractivity contribution in [2.75, 3.05) is 0 Å². The van der Waals surface area contributed by atoms with Gasteiger partial charge in [0.2, 0.25) is 0 Å². The van der Waals surface area contributed by atoms with Gasteiger partial charge in [0.1, 0.15) is 0 Å². The molecule has 0 aliphatic rings. The molecule has 16 heavy (non-hydrogen) atoms. The van der Waals surface area contributed by atoms with Gasteiger partial charge in [-0.2, -0.15) is 0 Å². The summed E-state index contributed by atoms with van der Waals surface area (Å²) in [5.74, 6) is 0.205.